The number of hydrogen-bond donors (Lipinski definition) is 3. The molecule has 0 unspecified atom stereocenters. The molecular formula is C23H34N4O4. The van der Waals surface area contributed by atoms with E-state index in [9.17, 15) is 19.2 Å². The van der Waals surface area contributed by atoms with Crippen molar-refractivity contribution in [2.24, 2.45) is 5.92 Å². The third-order valence-corrected chi connectivity index (χ3v) is 5.08. The molecule has 31 heavy (non-hydrogen) atoms. The Morgan fingerprint density at radius 2 is 1.71 bits per heavy atom. The Morgan fingerprint density at radius 3 is 2.39 bits per heavy atom. The van der Waals surface area contributed by atoms with Crippen molar-refractivity contribution in [3.63, 3.8) is 0 Å². The maximum Gasteiger partial charge on any atom is 0.242 e. The van der Waals surface area contributed by atoms with Crippen molar-refractivity contribution < 1.29 is 19.2 Å². The zero-order chi connectivity index (χ0) is 22.8. The molecule has 0 saturated carbocycles. The van der Waals surface area contributed by atoms with E-state index < -0.39 is 23.9 Å². The number of carbonyl (C=O) groups excluding carboxylic acids is 4. The molecule has 1 aliphatic rings. The number of nitrogens with zero attached hydrogens (tertiary/aromatic N) is 1. The van der Waals surface area contributed by atoms with Crippen LogP contribution in [0.3, 0.4) is 0 Å². The molecule has 2 atom stereocenters. The summed E-state index contributed by atoms with van der Waals surface area (Å²) >= 11 is 0. The molecule has 1 aromatic carbocycles. The zero-order valence-corrected chi connectivity index (χ0v) is 18.6. The Bertz CT molecular complexity index is 766. The van der Waals surface area contributed by atoms with Crippen LogP contribution in [0.15, 0.2) is 30.3 Å². The maximum absolute atomic E-state index is 12.7. The first-order valence-corrected chi connectivity index (χ1v) is 11.0. The maximum atomic E-state index is 12.7. The summed E-state index contributed by atoms with van der Waals surface area (Å²) in [6.07, 6.45) is 1.92. The lowest BCUT2D eigenvalue weighted by atomic mass is 10.0. The van der Waals surface area contributed by atoms with Gasteiger partial charge in [-0.05, 0) is 31.2 Å². The van der Waals surface area contributed by atoms with Gasteiger partial charge in [0, 0.05) is 25.9 Å². The average Bonchev–Trinajstić information content (AvgIpc) is 2.72. The molecule has 1 saturated heterocycles. The van der Waals surface area contributed by atoms with Gasteiger partial charge in [-0.1, -0.05) is 44.2 Å². The molecular weight excluding hydrogens is 396 g/mol. The predicted octanol–water partition coefficient (Wildman–Crippen LogP) is 1.00. The van der Waals surface area contributed by atoms with Crippen molar-refractivity contribution in [2.75, 3.05) is 19.6 Å². The van der Waals surface area contributed by atoms with Crippen LogP contribution in [0.2, 0.25) is 0 Å². The van der Waals surface area contributed by atoms with Gasteiger partial charge in [-0.25, -0.2) is 0 Å². The van der Waals surface area contributed by atoms with Crippen molar-refractivity contribution in [3.05, 3.63) is 35.9 Å². The molecule has 170 valence electrons. The highest BCUT2D eigenvalue weighted by Gasteiger charge is 2.26. The predicted molar refractivity (Wildman–Crippen MR) is 118 cm³/mol. The van der Waals surface area contributed by atoms with E-state index in [2.05, 4.69) is 16.0 Å². The molecule has 3 N–H and O–H groups in total. The molecule has 1 aliphatic heterocycles. The van der Waals surface area contributed by atoms with Gasteiger partial charge in [0.1, 0.15) is 12.1 Å². The van der Waals surface area contributed by atoms with E-state index in [1.54, 1.807) is 11.8 Å². The number of hydrogen-bond acceptors (Lipinski definition) is 4. The van der Waals surface area contributed by atoms with Gasteiger partial charge in [-0.15, -0.1) is 0 Å². The number of rotatable bonds is 4. The van der Waals surface area contributed by atoms with Crippen LogP contribution in [-0.4, -0.2) is 60.2 Å². The van der Waals surface area contributed by atoms with Crippen LogP contribution >= 0.6 is 0 Å². The van der Waals surface area contributed by atoms with E-state index in [-0.39, 0.29) is 24.3 Å². The van der Waals surface area contributed by atoms with Gasteiger partial charge in [-0.2, -0.15) is 0 Å². The van der Waals surface area contributed by atoms with Crippen molar-refractivity contribution >= 4 is 23.6 Å². The Hall–Kier alpha value is -2.90. The summed E-state index contributed by atoms with van der Waals surface area (Å²) in [7, 11) is 0. The highest BCUT2D eigenvalue weighted by atomic mass is 16.2. The lowest BCUT2D eigenvalue weighted by molar-refractivity contribution is -0.137. The smallest absolute Gasteiger partial charge is 0.242 e. The molecule has 1 heterocycles. The monoisotopic (exact) mass is 430 g/mol. The van der Waals surface area contributed by atoms with Gasteiger partial charge in [-0.3, -0.25) is 19.2 Å². The topological polar surface area (TPSA) is 108 Å². The largest absolute Gasteiger partial charge is 0.354 e. The van der Waals surface area contributed by atoms with Gasteiger partial charge >= 0.3 is 0 Å². The number of nitrogens with one attached hydrogen (secondary N) is 3. The summed E-state index contributed by atoms with van der Waals surface area (Å²) in [4.78, 5) is 52.0. The lowest BCUT2D eigenvalue weighted by Crippen LogP contribution is -2.54. The molecule has 8 heteroatoms. The minimum atomic E-state index is -0.834. The minimum absolute atomic E-state index is 0.0841. The first-order valence-electron chi connectivity index (χ1n) is 11.0. The van der Waals surface area contributed by atoms with Crippen LogP contribution in [0, 0.1) is 5.92 Å². The molecule has 0 bridgehead atoms. The van der Waals surface area contributed by atoms with Gasteiger partial charge in [0.25, 0.3) is 0 Å². The molecule has 1 fully saturated rings. The molecule has 0 aliphatic carbocycles. The molecule has 0 spiro atoms. The Morgan fingerprint density at radius 1 is 1.00 bits per heavy atom. The number of carbonyl (C=O) groups is 4. The van der Waals surface area contributed by atoms with Crippen LogP contribution in [0.4, 0.5) is 0 Å². The normalized spacial score (nSPS) is 22.3. The summed E-state index contributed by atoms with van der Waals surface area (Å²) < 4.78 is 0. The van der Waals surface area contributed by atoms with Crippen molar-refractivity contribution in [3.8, 4) is 0 Å². The Kier molecular flexibility index (Phi) is 9.49. The quantitative estimate of drug-likeness (QED) is 0.662. The Labute approximate surface area is 184 Å². The lowest BCUT2D eigenvalue weighted by Gasteiger charge is -2.25. The summed E-state index contributed by atoms with van der Waals surface area (Å²) in [6.45, 7) is 6.35. The van der Waals surface area contributed by atoms with Gasteiger partial charge in [0.05, 0.1) is 6.54 Å². The van der Waals surface area contributed by atoms with Crippen LogP contribution in [0.5, 0.6) is 0 Å². The van der Waals surface area contributed by atoms with E-state index in [0.717, 1.165) is 5.56 Å². The molecule has 1 aromatic rings. The zero-order valence-electron chi connectivity index (χ0n) is 18.6. The fourth-order valence-corrected chi connectivity index (χ4v) is 3.47. The van der Waals surface area contributed by atoms with Crippen molar-refractivity contribution in [1.29, 1.82) is 0 Å². The highest BCUT2D eigenvalue weighted by Crippen LogP contribution is 2.07. The highest BCUT2D eigenvalue weighted by molar-refractivity contribution is 5.93. The van der Waals surface area contributed by atoms with Gasteiger partial charge < -0.3 is 20.9 Å². The average molecular weight is 431 g/mol. The molecule has 0 aromatic heterocycles. The summed E-state index contributed by atoms with van der Waals surface area (Å²) in [6, 6.07) is 7.86. The third kappa shape index (κ3) is 8.39. The van der Waals surface area contributed by atoms with Gasteiger partial charge in [0.15, 0.2) is 0 Å². The van der Waals surface area contributed by atoms with E-state index in [1.165, 1.54) is 0 Å². The van der Waals surface area contributed by atoms with Crippen molar-refractivity contribution in [1.82, 2.24) is 20.9 Å². The Balaban J connectivity index is 2.14. The van der Waals surface area contributed by atoms with Crippen LogP contribution in [0.1, 0.15) is 45.6 Å². The second-order valence-corrected chi connectivity index (χ2v) is 8.46. The molecule has 2 rings (SSSR count). The molecule has 4 amide bonds. The van der Waals surface area contributed by atoms with E-state index >= 15 is 0 Å². The first kappa shape index (κ1) is 24.4. The summed E-state index contributed by atoms with van der Waals surface area (Å²) in [5, 5.41) is 8.27. The first-order chi connectivity index (χ1) is 14.8. The van der Waals surface area contributed by atoms with Crippen LogP contribution < -0.4 is 16.0 Å². The van der Waals surface area contributed by atoms with E-state index in [4.69, 9.17) is 0 Å². The standard InChI is InChI=1S/C23H34N4O4/c1-16(2)14-27-15-20(28)25-17(3)22(30)26-19(13-18-9-5-4-6-10-18)23(31)24-12-8-7-11-21(27)29/h4-6,9-10,16-17,19H,7-8,11-15H2,1-3H3,(H,24,31)(H,25,28)(H,26,30)/t17-,19-/m0/s1. The molecule has 0 radical (unpaired) electrons. The second-order valence-electron chi connectivity index (χ2n) is 8.46. The fraction of sp³-hybridized carbons (Fsp3) is 0.565. The van der Waals surface area contributed by atoms with E-state index in [1.807, 2.05) is 44.2 Å². The summed E-state index contributed by atoms with van der Waals surface area (Å²) in [5.41, 5.74) is 0.924. The van der Waals surface area contributed by atoms with Gasteiger partial charge in [0.2, 0.25) is 23.6 Å². The SMILES string of the molecule is CC(C)CN1CC(=O)N[C@@H](C)C(=O)N[C@@H](Cc2ccccc2)C(=O)NCCCCC1=O. The number of amides is 4. The fourth-order valence-electron chi connectivity index (χ4n) is 3.47. The minimum Gasteiger partial charge on any atom is -0.354 e. The van der Waals surface area contributed by atoms with E-state index in [0.29, 0.717) is 38.8 Å². The second kappa shape index (κ2) is 12.1. The van der Waals surface area contributed by atoms with Crippen LogP contribution in [-0.2, 0) is 25.6 Å². The summed E-state index contributed by atoms with van der Waals surface area (Å²) in [5.74, 6) is -0.989. The van der Waals surface area contributed by atoms with Crippen molar-refractivity contribution in [2.45, 2.75) is 58.5 Å². The third-order valence-electron chi connectivity index (χ3n) is 5.08. The van der Waals surface area contributed by atoms with Crippen LogP contribution in [0.25, 0.3) is 0 Å². The molecule has 8 nitrogen and oxygen atoms in total. The number of benzene rings is 1.